The molecular formula is C17H21ClO5. The maximum atomic E-state index is 8.97. The number of benzene rings is 2. The second-order valence-electron chi connectivity index (χ2n) is 4.63. The summed E-state index contributed by atoms with van der Waals surface area (Å²) in [6, 6.07) is 16.0. The van der Waals surface area contributed by atoms with Crippen molar-refractivity contribution in [2.24, 2.45) is 0 Å². The molecule has 0 aliphatic heterocycles. The van der Waals surface area contributed by atoms with Gasteiger partial charge < -0.3 is 24.8 Å². The number of hydrogen-bond donors (Lipinski definition) is 3. The maximum Gasteiger partial charge on any atom is 0.194 e. The summed E-state index contributed by atoms with van der Waals surface area (Å²) in [4.78, 5) is 0. The molecule has 0 spiro atoms. The van der Waals surface area contributed by atoms with Gasteiger partial charge in [0, 0.05) is 5.02 Å². The van der Waals surface area contributed by atoms with Crippen molar-refractivity contribution in [3.63, 3.8) is 0 Å². The van der Waals surface area contributed by atoms with Gasteiger partial charge in [0.2, 0.25) is 0 Å². The molecule has 0 aliphatic rings. The summed E-state index contributed by atoms with van der Waals surface area (Å²) in [5.41, 5.74) is 0. The minimum Gasteiger partial charge on any atom is -0.491 e. The average molecular weight is 341 g/mol. The van der Waals surface area contributed by atoms with Crippen LogP contribution in [0.1, 0.15) is 6.92 Å². The molecule has 0 saturated heterocycles. The molecule has 0 radical (unpaired) electrons. The van der Waals surface area contributed by atoms with Crippen LogP contribution in [0.5, 0.6) is 11.5 Å². The minimum atomic E-state index is -0.837. The molecule has 6 heteroatoms. The maximum absolute atomic E-state index is 8.97. The van der Waals surface area contributed by atoms with Crippen LogP contribution in [0.3, 0.4) is 0 Å². The molecular weight excluding hydrogens is 320 g/mol. The summed E-state index contributed by atoms with van der Waals surface area (Å²) in [5.74, 6) is 1.31. The van der Waals surface area contributed by atoms with E-state index in [1.54, 1.807) is 43.3 Å². The first-order valence-electron chi connectivity index (χ1n) is 7.08. The van der Waals surface area contributed by atoms with E-state index in [0.717, 1.165) is 0 Å². The van der Waals surface area contributed by atoms with Gasteiger partial charge in [0.1, 0.15) is 24.2 Å². The molecule has 3 N–H and O–H groups in total. The van der Waals surface area contributed by atoms with Crippen molar-refractivity contribution in [2.75, 3.05) is 13.2 Å². The standard InChI is InChI=1S/C9H11ClO3.C8H10O2/c10-7-1-3-9(4-2-7)13-6-8(12)5-11;1-7(9)10-8-5-3-2-4-6-8/h1-4,8,11-12H,5-6H2;2-7,9H,1H3. The Labute approximate surface area is 140 Å². The smallest absolute Gasteiger partial charge is 0.194 e. The summed E-state index contributed by atoms with van der Waals surface area (Å²) < 4.78 is 10.1. The van der Waals surface area contributed by atoms with E-state index in [1.165, 1.54) is 0 Å². The molecule has 0 amide bonds. The van der Waals surface area contributed by atoms with Gasteiger partial charge in [-0.3, -0.25) is 0 Å². The van der Waals surface area contributed by atoms with Gasteiger partial charge in [-0.1, -0.05) is 29.8 Å². The third-order valence-electron chi connectivity index (χ3n) is 2.52. The molecule has 5 nitrogen and oxygen atoms in total. The fraction of sp³-hybridized carbons (Fsp3) is 0.294. The Hall–Kier alpha value is -1.79. The number of ether oxygens (including phenoxy) is 2. The van der Waals surface area contributed by atoms with E-state index in [0.29, 0.717) is 16.5 Å². The van der Waals surface area contributed by atoms with Crippen LogP contribution in [-0.4, -0.2) is 40.9 Å². The fourth-order valence-corrected chi connectivity index (χ4v) is 1.60. The molecule has 0 heterocycles. The number of aliphatic hydroxyl groups is 3. The Morgan fingerprint density at radius 2 is 1.57 bits per heavy atom. The summed E-state index contributed by atoms with van der Waals surface area (Å²) in [6.07, 6.45) is -1.57. The van der Waals surface area contributed by atoms with Gasteiger partial charge in [0.15, 0.2) is 6.29 Å². The molecule has 0 bridgehead atoms. The first-order chi connectivity index (χ1) is 11.0. The van der Waals surface area contributed by atoms with Gasteiger partial charge >= 0.3 is 0 Å². The summed E-state index contributed by atoms with van der Waals surface area (Å²) in [5, 5.41) is 26.9. The fourth-order valence-electron chi connectivity index (χ4n) is 1.47. The Kier molecular flexibility index (Phi) is 9.09. The molecule has 2 unspecified atom stereocenters. The lowest BCUT2D eigenvalue weighted by molar-refractivity contribution is -0.000289. The van der Waals surface area contributed by atoms with Crippen LogP contribution in [0.25, 0.3) is 0 Å². The number of para-hydroxylation sites is 1. The second kappa shape index (κ2) is 10.9. The topological polar surface area (TPSA) is 79.2 Å². The van der Waals surface area contributed by atoms with E-state index in [2.05, 4.69) is 0 Å². The molecule has 2 atom stereocenters. The minimum absolute atomic E-state index is 0.0815. The van der Waals surface area contributed by atoms with E-state index < -0.39 is 12.4 Å². The predicted octanol–water partition coefficient (Wildman–Crippen LogP) is 2.48. The molecule has 23 heavy (non-hydrogen) atoms. The highest BCUT2D eigenvalue weighted by molar-refractivity contribution is 6.30. The molecule has 126 valence electrons. The van der Waals surface area contributed by atoms with E-state index in [9.17, 15) is 0 Å². The third kappa shape index (κ3) is 9.05. The molecule has 0 fully saturated rings. The number of aliphatic hydroxyl groups excluding tert-OH is 3. The van der Waals surface area contributed by atoms with Crippen molar-refractivity contribution in [2.45, 2.75) is 19.3 Å². The summed E-state index contributed by atoms with van der Waals surface area (Å²) in [7, 11) is 0. The molecule has 0 aromatic heterocycles. The lowest BCUT2D eigenvalue weighted by Gasteiger charge is -2.09. The van der Waals surface area contributed by atoms with Crippen molar-refractivity contribution in [1.29, 1.82) is 0 Å². The van der Waals surface area contributed by atoms with Crippen LogP contribution in [0.4, 0.5) is 0 Å². The van der Waals surface area contributed by atoms with Crippen LogP contribution in [0.2, 0.25) is 5.02 Å². The molecule has 2 aromatic rings. The van der Waals surface area contributed by atoms with E-state index in [4.69, 9.17) is 36.4 Å². The van der Waals surface area contributed by atoms with Gasteiger partial charge in [-0.05, 0) is 43.3 Å². The van der Waals surface area contributed by atoms with Crippen LogP contribution in [0, 0.1) is 0 Å². The number of rotatable bonds is 6. The zero-order chi connectivity index (χ0) is 17.1. The van der Waals surface area contributed by atoms with Gasteiger partial charge in [-0.2, -0.15) is 0 Å². The van der Waals surface area contributed by atoms with Crippen molar-refractivity contribution in [3.8, 4) is 11.5 Å². The molecule has 0 aliphatic carbocycles. The van der Waals surface area contributed by atoms with Crippen molar-refractivity contribution < 1.29 is 24.8 Å². The van der Waals surface area contributed by atoms with Gasteiger partial charge in [-0.15, -0.1) is 0 Å². The first-order valence-corrected chi connectivity index (χ1v) is 7.46. The van der Waals surface area contributed by atoms with Gasteiger partial charge in [0.25, 0.3) is 0 Å². The molecule has 2 aromatic carbocycles. The van der Waals surface area contributed by atoms with Crippen molar-refractivity contribution >= 4 is 11.6 Å². The quantitative estimate of drug-likeness (QED) is 0.704. The highest BCUT2D eigenvalue weighted by atomic mass is 35.5. The van der Waals surface area contributed by atoms with E-state index in [1.807, 2.05) is 18.2 Å². The van der Waals surface area contributed by atoms with E-state index in [-0.39, 0.29) is 13.2 Å². The van der Waals surface area contributed by atoms with Crippen LogP contribution < -0.4 is 9.47 Å². The second-order valence-corrected chi connectivity index (χ2v) is 5.07. The zero-order valence-corrected chi connectivity index (χ0v) is 13.6. The number of hydrogen-bond acceptors (Lipinski definition) is 5. The Balaban J connectivity index is 0.000000238. The van der Waals surface area contributed by atoms with Crippen molar-refractivity contribution in [1.82, 2.24) is 0 Å². The largest absolute Gasteiger partial charge is 0.491 e. The Morgan fingerprint density at radius 3 is 2.09 bits per heavy atom. The lowest BCUT2D eigenvalue weighted by atomic mass is 10.3. The van der Waals surface area contributed by atoms with Crippen LogP contribution in [-0.2, 0) is 0 Å². The van der Waals surface area contributed by atoms with Crippen LogP contribution in [0.15, 0.2) is 54.6 Å². The normalized spacial score (nSPS) is 12.6. The first kappa shape index (κ1) is 19.3. The monoisotopic (exact) mass is 340 g/mol. The highest BCUT2D eigenvalue weighted by Gasteiger charge is 2.02. The molecule has 0 saturated carbocycles. The number of halogens is 1. The van der Waals surface area contributed by atoms with Crippen LogP contribution >= 0.6 is 11.6 Å². The molecule has 2 rings (SSSR count). The predicted molar refractivity (Wildman–Crippen MR) is 88.8 cm³/mol. The zero-order valence-electron chi connectivity index (χ0n) is 12.8. The van der Waals surface area contributed by atoms with Gasteiger partial charge in [-0.25, -0.2) is 0 Å². The SMILES string of the molecule is CC(O)Oc1ccccc1.OCC(O)COc1ccc(Cl)cc1. The summed E-state index contributed by atoms with van der Waals surface area (Å²) >= 11 is 5.66. The third-order valence-corrected chi connectivity index (χ3v) is 2.77. The van der Waals surface area contributed by atoms with E-state index >= 15 is 0 Å². The summed E-state index contributed by atoms with van der Waals surface area (Å²) in [6.45, 7) is 1.36. The lowest BCUT2D eigenvalue weighted by Crippen LogP contribution is -2.21. The Morgan fingerprint density at radius 1 is 0.957 bits per heavy atom. The van der Waals surface area contributed by atoms with Crippen molar-refractivity contribution in [3.05, 3.63) is 59.6 Å². The Bertz CT molecular complexity index is 530. The highest BCUT2D eigenvalue weighted by Crippen LogP contribution is 2.15. The van der Waals surface area contributed by atoms with Gasteiger partial charge in [0.05, 0.1) is 6.61 Å². The average Bonchev–Trinajstić information content (AvgIpc) is 2.55.